The van der Waals surface area contributed by atoms with Crippen LogP contribution in [0.15, 0.2) is 47.4 Å². The quantitative estimate of drug-likeness (QED) is 0.899. The van der Waals surface area contributed by atoms with Gasteiger partial charge in [-0.1, -0.05) is 42.8 Å². The van der Waals surface area contributed by atoms with E-state index in [1.54, 1.807) is 11.8 Å². The van der Waals surface area contributed by atoms with Crippen molar-refractivity contribution in [3.05, 3.63) is 59.2 Å². The first-order valence-electron chi connectivity index (χ1n) is 8.24. The third-order valence-electron chi connectivity index (χ3n) is 4.60. The van der Waals surface area contributed by atoms with Crippen LogP contribution in [0.4, 0.5) is 5.69 Å². The van der Waals surface area contributed by atoms with Gasteiger partial charge in [-0.25, -0.2) is 0 Å². The molecule has 25 heavy (non-hydrogen) atoms. The number of aryl methyl sites for hydroxylation is 2. The van der Waals surface area contributed by atoms with Gasteiger partial charge >= 0.3 is 5.97 Å². The standard InChI is InChI=1S/C20H21NO3S/c1-12-8-9-13(2)15(10-12)11-21-16-6-4-5-7-17(16)25-18(19(21)22)14(3)20(23)24/h4-10,14,18H,11H2,1-3H3,(H,23,24). The fraction of sp³-hybridized carbons (Fsp3) is 0.300. The van der Waals surface area contributed by atoms with Crippen molar-refractivity contribution in [2.45, 2.75) is 37.5 Å². The highest BCUT2D eigenvalue weighted by Crippen LogP contribution is 2.42. The Labute approximate surface area is 151 Å². The molecule has 1 aliphatic rings. The molecule has 2 unspecified atom stereocenters. The van der Waals surface area contributed by atoms with Gasteiger partial charge in [0.1, 0.15) is 5.25 Å². The van der Waals surface area contributed by atoms with Crippen molar-refractivity contribution < 1.29 is 14.7 Å². The molecule has 0 bridgehead atoms. The second-order valence-corrected chi connectivity index (χ2v) is 7.67. The Balaban J connectivity index is 2.02. The van der Waals surface area contributed by atoms with Crippen molar-refractivity contribution in [2.75, 3.05) is 4.90 Å². The lowest BCUT2D eigenvalue weighted by Gasteiger charge is -2.35. The molecule has 0 saturated heterocycles. The smallest absolute Gasteiger partial charge is 0.307 e. The van der Waals surface area contributed by atoms with Crippen molar-refractivity contribution >= 4 is 29.3 Å². The zero-order valence-corrected chi connectivity index (χ0v) is 15.3. The number of anilines is 1. The topological polar surface area (TPSA) is 57.6 Å². The average Bonchev–Trinajstić information content (AvgIpc) is 2.59. The minimum atomic E-state index is -0.947. The molecule has 1 heterocycles. The maximum atomic E-state index is 13.1. The zero-order valence-electron chi connectivity index (χ0n) is 14.5. The summed E-state index contributed by atoms with van der Waals surface area (Å²) < 4.78 is 0. The number of benzene rings is 2. The number of fused-ring (bicyclic) bond motifs is 1. The Morgan fingerprint density at radius 1 is 1.24 bits per heavy atom. The van der Waals surface area contributed by atoms with Gasteiger partial charge in [0.15, 0.2) is 0 Å². The average molecular weight is 355 g/mol. The first kappa shape index (κ1) is 17.5. The summed E-state index contributed by atoms with van der Waals surface area (Å²) >= 11 is 1.35. The number of thioether (sulfide) groups is 1. The second kappa shape index (κ2) is 6.92. The molecule has 0 fully saturated rings. The summed E-state index contributed by atoms with van der Waals surface area (Å²) in [6, 6.07) is 13.9. The van der Waals surface area contributed by atoms with Gasteiger partial charge in [-0.2, -0.15) is 0 Å². The van der Waals surface area contributed by atoms with E-state index in [-0.39, 0.29) is 5.91 Å². The molecule has 2 atom stereocenters. The van der Waals surface area contributed by atoms with Crippen LogP contribution in [0.1, 0.15) is 23.6 Å². The molecule has 2 aromatic carbocycles. The number of aliphatic carboxylic acids is 1. The van der Waals surface area contributed by atoms with E-state index >= 15 is 0 Å². The Hall–Kier alpha value is -2.27. The van der Waals surface area contributed by atoms with Gasteiger partial charge in [-0.15, -0.1) is 11.8 Å². The molecule has 0 spiro atoms. The summed E-state index contributed by atoms with van der Waals surface area (Å²) in [6.45, 7) is 6.11. The van der Waals surface area contributed by atoms with E-state index in [0.29, 0.717) is 6.54 Å². The molecular formula is C20H21NO3S. The summed E-state index contributed by atoms with van der Waals surface area (Å²) in [4.78, 5) is 27.2. The molecule has 0 aromatic heterocycles. The lowest BCUT2D eigenvalue weighted by Crippen LogP contribution is -2.45. The Bertz CT molecular complexity index is 833. The number of hydrogen-bond acceptors (Lipinski definition) is 3. The van der Waals surface area contributed by atoms with E-state index in [2.05, 4.69) is 18.2 Å². The van der Waals surface area contributed by atoms with Crippen LogP contribution in [-0.4, -0.2) is 22.2 Å². The third kappa shape index (κ3) is 3.42. The highest BCUT2D eigenvalue weighted by atomic mass is 32.2. The predicted octanol–water partition coefficient (Wildman–Crippen LogP) is 4.03. The van der Waals surface area contributed by atoms with E-state index in [1.807, 2.05) is 38.1 Å². The van der Waals surface area contributed by atoms with Gasteiger partial charge in [-0.05, 0) is 37.1 Å². The first-order chi connectivity index (χ1) is 11.9. The second-order valence-electron chi connectivity index (χ2n) is 6.49. The maximum Gasteiger partial charge on any atom is 0.307 e. The number of carboxylic acid groups (broad SMARTS) is 1. The van der Waals surface area contributed by atoms with E-state index in [0.717, 1.165) is 27.3 Å². The number of carbonyl (C=O) groups is 2. The first-order valence-corrected chi connectivity index (χ1v) is 9.12. The molecule has 1 aliphatic heterocycles. The van der Waals surface area contributed by atoms with Gasteiger partial charge in [0.25, 0.3) is 0 Å². The molecule has 1 amide bonds. The Morgan fingerprint density at radius 3 is 2.68 bits per heavy atom. The van der Waals surface area contributed by atoms with Crippen molar-refractivity contribution in [1.29, 1.82) is 0 Å². The van der Waals surface area contributed by atoms with Crippen molar-refractivity contribution in [2.24, 2.45) is 5.92 Å². The zero-order chi connectivity index (χ0) is 18.1. The summed E-state index contributed by atoms with van der Waals surface area (Å²) in [7, 11) is 0. The Kier molecular flexibility index (Phi) is 4.86. The lowest BCUT2D eigenvalue weighted by molar-refractivity contribution is -0.142. The van der Waals surface area contributed by atoms with Crippen molar-refractivity contribution in [3.63, 3.8) is 0 Å². The molecule has 3 rings (SSSR count). The molecule has 2 aromatic rings. The summed E-state index contributed by atoms with van der Waals surface area (Å²) in [5.41, 5.74) is 4.20. The van der Waals surface area contributed by atoms with Crippen molar-refractivity contribution in [3.8, 4) is 0 Å². The highest BCUT2D eigenvalue weighted by molar-refractivity contribution is 8.01. The van der Waals surface area contributed by atoms with Crippen LogP contribution in [0.25, 0.3) is 0 Å². The molecule has 4 nitrogen and oxygen atoms in total. The van der Waals surface area contributed by atoms with E-state index in [4.69, 9.17) is 0 Å². The Morgan fingerprint density at radius 2 is 1.96 bits per heavy atom. The van der Waals surface area contributed by atoms with Crippen LogP contribution in [0.2, 0.25) is 0 Å². The summed E-state index contributed by atoms with van der Waals surface area (Å²) in [5, 5.41) is 8.76. The minimum Gasteiger partial charge on any atom is -0.481 e. The SMILES string of the molecule is Cc1ccc(C)c(CN2C(=O)C(C(C)C(=O)O)Sc3ccccc32)c1. The largest absolute Gasteiger partial charge is 0.481 e. The fourth-order valence-electron chi connectivity index (χ4n) is 2.99. The highest BCUT2D eigenvalue weighted by Gasteiger charge is 2.39. The van der Waals surface area contributed by atoms with E-state index in [1.165, 1.54) is 11.8 Å². The molecule has 1 N–H and O–H groups in total. The van der Waals surface area contributed by atoms with Gasteiger partial charge in [0.2, 0.25) is 5.91 Å². The number of amides is 1. The van der Waals surface area contributed by atoms with E-state index in [9.17, 15) is 14.7 Å². The van der Waals surface area contributed by atoms with Gasteiger partial charge < -0.3 is 10.0 Å². The van der Waals surface area contributed by atoms with Crippen LogP contribution in [0, 0.1) is 19.8 Å². The summed E-state index contributed by atoms with van der Waals surface area (Å²) in [5.74, 6) is -1.83. The molecule has 130 valence electrons. The maximum absolute atomic E-state index is 13.1. The third-order valence-corrected chi connectivity index (χ3v) is 6.06. The predicted molar refractivity (Wildman–Crippen MR) is 100.0 cm³/mol. The van der Waals surface area contributed by atoms with Crippen LogP contribution >= 0.6 is 11.8 Å². The number of para-hydroxylation sites is 1. The lowest BCUT2D eigenvalue weighted by atomic mass is 10.0. The normalized spacial score (nSPS) is 18.0. The number of carbonyl (C=O) groups excluding carboxylic acids is 1. The number of rotatable bonds is 4. The molecule has 0 radical (unpaired) electrons. The van der Waals surface area contributed by atoms with Gasteiger partial charge in [0.05, 0.1) is 18.2 Å². The minimum absolute atomic E-state index is 0.139. The fourth-order valence-corrected chi connectivity index (χ4v) is 4.27. The van der Waals surface area contributed by atoms with Gasteiger partial charge in [-0.3, -0.25) is 9.59 Å². The van der Waals surface area contributed by atoms with Crippen LogP contribution in [0.5, 0.6) is 0 Å². The van der Waals surface area contributed by atoms with E-state index < -0.39 is 17.1 Å². The molecule has 0 saturated carbocycles. The molecule has 5 heteroatoms. The summed E-state index contributed by atoms with van der Waals surface area (Å²) in [6.07, 6.45) is 0. The monoisotopic (exact) mass is 355 g/mol. The van der Waals surface area contributed by atoms with Crippen molar-refractivity contribution in [1.82, 2.24) is 0 Å². The number of carboxylic acids is 1. The van der Waals surface area contributed by atoms with Crippen LogP contribution < -0.4 is 4.90 Å². The molecule has 0 aliphatic carbocycles. The van der Waals surface area contributed by atoms with Crippen LogP contribution in [-0.2, 0) is 16.1 Å². The van der Waals surface area contributed by atoms with Crippen LogP contribution in [0.3, 0.4) is 0 Å². The number of nitrogens with zero attached hydrogens (tertiary/aromatic N) is 1. The van der Waals surface area contributed by atoms with Gasteiger partial charge in [0, 0.05) is 4.90 Å². The number of hydrogen-bond donors (Lipinski definition) is 1. The molecular weight excluding hydrogens is 334 g/mol.